The average Bonchev–Trinajstić information content (AvgIpc) is 4.06. The molecular formula is C72H48N2. The first kappa shape index (κ1) is 41.4. The lowest BCUT2D eigenvalue weighted by Crippen LogP contribution is -2.36. The minimum Gasteiger partial charge on any atom is -0.344 e. The first-order chi connectivity index (χ1) is 36.6. The normalized spacial score (nSPS) is 14.5. The SMILES string of the molecule is CN1c2ccccc2C2(c3ccccc3-c3ccccc32)c2cccc(-c3cccc4c(-c5ccccc5)c5cccc(-c6cccc7c6N(C)c6ccccc6C76c7ccccc7-c7ccccc76)c5cc34)c21. The fourth-order valence-corrected chi connectivity index (χ4v) is 14.7. The standard InChI is InChI=1S/C72H48N2/c1-73-66-42-16-14-38-62(66)71(58-34-10-6-24-48(58)49-25-7-11-35-59(49)71)64-40-20-32-54(69(64)73)46-28-18-30-52-56(46)44-57-47(29-19-31-53(57)68(52)45-22-4-3-5-23-45)55-33-21-41-65-70(55)74(2)67-43-17-15-39-63(67)72(65)60-36-12-8-26-50(60)51-27-9-13-37-61(51)72/h3-44H,1-2H3. The molecule has 4 aliphatic rings. The van der Waals surface area contributed by atoms with Gasteiger partial charge in [-0.3, -0.25) is 0 Å². The maximum absolute atomic E-state index is 2.53. The topological polar surface area (TPSA) is 6.48 Å². The van der Waals surface area contributed by atoms with Gasteiger partial charge in [-0.25, -0.2) is 0 Å². The van der Waals surface area contributed by atoms with Gasteiger partial charge in [0.25, 0.3) is 0 Å². The molecule has 16 rings (SSSR count). The van der Waals surface area contributed by atoms with Gasteiger partial charge in [-0.2, -0.15) is 0 Å². The minimum atomic E-state index is -0.504. The van der Waals surface area contributed by atoms with Gasteiger partial charge in [0.15, 0.2) is 0 Å². The molecule has 0 aromatic heterocycles. The van der Waals surface area contributed by atoms with Crippen LogP contribution >= 0.6 is 0 Å². The van der Waals surface area contributed by atoms with Crippen LogP contribution in [0.25, 0.3) is 77.2 Å². The van der Waals surface area contributed by atoms with Gasteiger partial charge in [0.1, 0.15) is 0 Å². The molecule has 0 atom stereocenters. The van der Waals surface area contributed by atoms with Crippen LogP contribution in [0, 0.1) is 0 Å². The van der Waals surface area contributed by atoms with Crippen LogP contribution in [0.4, 0.5) is 22.7 Å². The molecule has 2 heteroatoms. The van der Waals surface area contributed by atoms with E-state index in [4.69, 9.17) is 0 Å². The van der Waals surface area contributed by atoms with Crippen LogP contribution < -0.4 is 9.80 Å². The third-order valence-corrected chi connectivity index (χ3v) is 17.5. The van der Waals surface area contributed by atoms with Crippen molar-refractivity contribution in [2.24, 2.45) is 0 Å². The highest BCUT2D eigenvalue weighted by molar-refractivity contribution is 6.20. The summed E-state index contributed by atoms with van der Waals surface area (Å²) < 4.78 is 0. The van der Waals surface area contributed by atoms with Gasteiger partial charge < -0.3 is 9.80 Å². The zero-order chi connectivity index (χ0) is 48.9. The first-order valence-corrected chi connectivity index (χ1v) is 26.0. The van der Waals surface area contributed by atoms with Gasteiger partial charge in [0.05, 0.1) is 22.2 Å². The second-order valence-corrected chi connectivity index (χ2v) is 20.7. The van der Waals surface area contributed by atoms with Crippen LogP contribution in [0.15, 0.2) is 255 Å². The quantitative estimate of drug-likeness (QED) is 0.163. The van der Waals surface area contributed by atoms with E-state index >= 15 is 0 Å². The van der Waals surface area contributed by atoms with Crippen LogP contribution in [-0.2, 0) is 10.8 Å². The molecule has 12 aromatic rings. The van der Waals surface area contributed by atoms with E-state index in [0.717, 1.165) is 0 Å². The molecule has 2 aliphatic heterocycles. The molecule has 0 saturated carbocycles. The second kappa shape index (κ2) is 15.1. The Hall–Kier alpha value is -9.24. The Morgan fingerprint density at radius 1 is 0.243 bits per heavy atom. The van der Waals surface area contributed by atoms with Crippen LogP contribution in [0.1, 0.15) is 44.5 Å². The largest absolute Gasteiger partial charge is 0.344 e. The van der Waals surface area contributed by atoms with Gasteiger partial charge in [0, 0.05) is 36.6 Å². The van der Waals surface area contributed by atoms with Crippen LogP contribution in [0.2, 0.25) is 0 Å². The highest BCUT2D eigenvalue weighted by atomic mass is 15.1. The molecule has 2 heterocycles. The van der Waals surface area contributed by atoms with Crippen molar-refractivity contribution in [2.75, 3.05) is 23.9 Å². The second-order valence-electron chi connectivity index (χ2n) is 20.7. The third-order valence-electron chi connectivity index (χ3n) is 17.5. The van der Waals surface area contributed by atoms with Crippen molar-refractivity contribution in [3.63, 3.8) is 0 Å². The number of hydrogen-bond acceptors (Lipinski definition) is 2. The Morgan fingerprint density at radius 2 is 0.554 bits per heavy atom. The number of benzene rings is 12. The van der Waals surface area contributed by atoms with E-state index in [1.807, 2.05) is 0 Å². The third kappa shape index (κ3) is 5.09. The summed E-state index contributed by atoms with van der Waals surface area (Å²) in [6, 6.07) is 96.4. The molecule has 0 fully saturated rings. The van der Waals surface area contributed by atoms with Crippen molar-refractivity contribution < 1.29 is 0 Å². The molecule has 0 amide bonds. The molecule has 74 heavy (non-hydrogen) atoms. The summed E-state index contributed by atoms with van der Waals surface area (Å²) in [5.41, 5.74) is 27.0. The number of fused-ring (bicyclic) bond motifs is 20. The van der Waals surface area contributed by atoms with Crippen molar-refractivity contribution >= 4 is 44.3 Å². The summed E-state index contributed by atoms with van der Waals surface area (Å²) in [5, 5.41) is 4.93. The summed E-state index contributed by atoms with van der Waals surface area (Å²) in [6.07, 6.45) is 0. The Bertz CT molecular complexity index is 4020. The summed E-state index contributed by atoms with van der Waals surface area (Å²) in [6.45, 7) is 0. The Morgan fingerprint density at radius 3 is 0.973 bits per heavy atom. The summed E-state index contributed by atoms with van der Waals surface area (Å²) in [5.74, 6) is 0. The number of anilines is 4. The molecule has 0 N–H and O–H groups in total. The van der Waals surface area contributed by atoms with Crippen molar-refractivity contribution in [1.82, 2.24) is 0 Å². The predicted octanol–water partition coefficient (Wildman–Crippen LogP) is 17.9. The lowest BCUT2D eigenvalue weighted by molar-refractivity contribution is 0.749. The van der Waals surface area contributed by atoms with E-state index in [2.05, 4.69) is 279 Å². The molecule has 0 unspecified atom stereocenters. The number of hydrogen-bond donors (Lipinski definition) is 0. The molecule has 2 spiro atoms. The monoisotopic (exact) mass is 940 g/mol. The fourth-order valence-electron chi connectivity index (χ4n) is 14.7. The molecule has 0 radical (unpaired) electrons. The van der Waals surface area contributed by atoms with Crippen LogP contribution in [-0.4, -0.2) is 14.1 Å². The zero-order valence-corrected chi connectivity index (χ0v) is 41.1. The highest BCUT2D eigenvalue weighted by Crippen LogP contribution is 2.65. The molecular weight excluding hydrogens is 893 g/mol. The zero-order valence-electron chi connectivity index (χ0n) is 41.1. The van der Waals surface area contributed by atoms with Gasteiger partial charge in [0.2, 0.25) is 0 Å². The lowest BCUT2D eigenvalue weighted by atomic mass is 9.64. The first-order valence-electron chi connectivity index (χ1n) is 26.0. The molecule has 346 valence electrons. The maximum atomic E-state index is 2.53. The van der Waals surface area contributed by atoms with Gasteiger partial charge in [-0.15, -0.1) is 0 Å². The smallest absolute Gasteiger partial charge is 0.0754 e. The average molecular weight is 941 g/mol. The summed E-state index contributed by atoms with van der Waals surface area (Å²) >= 11 is 0. The van der Waals surface area contributed by atoms with Gasteiger partial charge in [-0.1, -0.05) is 237 Å². The van der Waals surface area contributed by atoms with Gasteiger partial charge >= 0.3 is 0 Å². The molecule has 12 aromatic carbocycles. The van der Waals surface area contributed by atoms with Crippen molar-refractivity contribution in [2.45, 2.75) is 10.8 Å². The highest BCUT2D eigenvalue weighted by Gasteiger charge is 2.53. The molecule has 0 saturated heterocycles. The number of rotatable bonds is 3. The Balaban J connectivity index is 0.998. The summed E-state index contributed by atoms with van der Waals surface area (Å²) in [7, 11) is 4.55. The van der Waals surface area contributed by atoms with Crippen LogP contribution in [0.3, 0.4) is 0 Å². The van der Waals surface area contributed by atoms with Crippen molar-refractivity contribution in [3.8, 4) is 55.6 Å². The van der Waals surface area contributed by atoms with E-state index in [-0.39, 0.29) is 0 Å². The van der Waals surface area contributed by atoms with E-state index in [1.165, 1.54) is 144 Å². The lowest BCUT2D eigenvalue weighted by Gasteiger charge is -2.44. The van der Waals surface area contributed by atoms with E-state index in [1.54, 1.807) is 0 Å². The summed E-state index contributed by atoms with van der Waals surface area (Å²) in [4.78, 5) is 4.94. The van der Waals surface area contributed by atoms with Crippen molar-refractivity contribution in [3.05, 3.63) is 299 Å². The predicted molar refractivity (Wildman–Crippen MR) is 308 cm³/mol. The Labute approximate surface area is 431 Å². The van der Waals surface area contributed by atoms with Crippen LogP contribution in [0.5, 0.6) is 0 Å². The maximum Gasteiger partial charge on any atom is 0.0754 e. The van der Waals surface area contributed by atoms with Crippen molar-refractivity contribution in [1.29, 1.82) is 0 Å². The molecule has 2 aliphatic carbocycles. The van der Waals surface area contributed by atoms with E-state index in [0.29, 0.717) is 0 Å². The molecule has 0 bridgehead atoms. The van der Waals surface area contributed by atoms with Gasteiger partial charge in [-0.05, 0) is 129 Å². The fraction of sp³-hybridized carbons (Fsp3) is 0.0556. The van der Waals surface area contributed by atoms with E-state index in [9.17, 15) is 0 Å². The Kier molecular flexibility index (Phi) is 8.47. The number of para-hydroxylation sites is 4. The molecule has 2 nitrogen and oxygen atoms in total. The minimum absolute atomic E-state index is 0.504. The number of nitrogens with zero attached hydrogens (tertiary/aromatic N) is 2. The van der Waals surface area contributed by atoms with E-state index < -0.39 is 10.8 Å².